The smallest absolute Gasteiger partial charge is 0.383 e. The van der Waals surface area contributed by atoms with E-state index in [2.05, 4.69) is 14.9 Å². The normalized spacial score (nSPS) is 18.1. The van der Waals surface area contributed by atoms with Crippen molar-refractivity contribution in [1.29, 1.82) is 0 Å². The van der Waals surface area contributed by atoms with Crippen LogP contribution in [0.25, 0.3) is 0 Å². The van der Waals surface area contributed by atoms with E-state index < -0.39 is 6.04 Å². The van der Waals surface area contributed by atoms with Gasteiger partial charge >= 0.3 is 12.0 Å². The average Bonchev–Trinajstić information content (AvgIpc) is 3.20. The number of halogens is 1. The summed E-state index contributed by atoms with van der Waals surface area (Å²) in [6.45, 7) is 5.19. The highest BCUT2D eigenvalue weighted by molar-refractivity contribution is 6.20. The Hall–Kier alpha value is -3.23. The number of carbonyl (C=O) groups excluding carboxylic acids is 2. The van der Waals surface area contributed by atoms with E-state index in [1.54, 1.807) is 25.2 Å². The number of hydrogen-bond acceptors (Lipinski definition) is 4. The van der Waals surface area contributed by atoms with Gasteiger partial charge in [-0.25, -0.2) is 18.3 Å². The Labute approximate surface area is 168 Å². The summed E-state index contributed by atoms with van der Waals surface area (Å²) in [6, 6.07) is 5.58. The molecule has 29 heavy (non-hydrogen) atoms. The first-order valence-corrected chi connectivity index (χ1v) is 9.56. The molecule has 0 spiro atoms. The number of amides is 3. The Kier molecular flexibility index (Phi) is 4.60. The predicted octanol–water partition coefficient (Wildman–Crippen LogP) is 2.14. The third-order valence-electron chi connectivity index (χ3n) is 5.69. The number of likely N-dealkylation sites (N-methyl/N-ethyl adjacent to an activating group) is 2. The number of urea groups is 1. The second kappa shape index (κ2) is 6.98. The van der Waals surface area contributed by atoms with E-state index in [0.29, 0.717) is 30.6 Å². The van der Waals surface area contributed by atoms with Crippen molar-refractivity contribution < 1.29 is 18.5 Å². The maximum Gasteiger partial charge on any atom is 0.402 e. The molecule has 8 nitrogen and oxygen atoms in total. The van der Waals surface area contributed by atoms with Gasteiger partial charge in [0, 0.05) is 20.6 Å². The number of nitrogens with one attached hydrogen (secondary N) is 1. The van der Waals surface area contributed by atoms with Gasteiger partial charge in [-0.2, -0.15) is 0 Å². The minimum Gasteiger partial charge on any atom is -0.383 e. The molecule has 152 valence electrons. The molecule has 1 unspecified atom stereocenters. The lowest BCUT2D eigenvalue weighted by atomic mass is 10.1. The van der Waals surface area contributed by atoms with Crippen molar-refractivity contribution in [3.63, 3.8) is 0 Å². The first-order valence-electron chi connectivity index (χ1n) is 9.56. The molecule has 2 aliphatic heterocycles. The number of aliphatic imine (C=N–C) groups is 1. The first-order chi connectivity index (χ1) is 13.8. The molecule has 3 amide bonds. The number of imidazole rings is 1. The van der Waals surface area contributed by atoms with Crippen molar-refractivity contribution in [1.82, 2.24) is 14.4 Å². The SMILES string of the molecule is Cc1c(C)[n+](CCCNc2ccccc2F)c2n1C1C(=O)N(C)C(=O)N(C)C1=N2. The molecular formula is C20H24FN6O2+. The molecule has 3 heterocycles. The van der Waals surface area contributed by atoms with Crippen LogP contribution >= 0.6 is 0 Å². The number of rotatable bonds is 5. The van der Waals surface area contributed by atoms with Gasteiger partial charge < -0.3 is 5.32 Å². The topological polar surface area (TPSA) is 73.8 Å². The number of nitrogens with zero attached hydrogens (tertiary/aromatic N) is 5. The highest BCUT2D eigenvalue weighted by Gasteiger charge is 2.53. The highest BCUT2D eigenvalue weighted by atomic mass is 19.1. The maximum absolute atomic E-state index is 13.7. The summed E-state index contributed by atoms with van der Waals surface area (Å²) in [6.07, 6.45) is 0.744. The minimum absolute atomic E-state index is 0.275. The van der Waals surface area contributed by atoms with E-state index in [9.17, 15) is 14.0 Å². The molecular weight excluding hydrogens is 375 g/mol. The van der Waals surface area contributed by atoms with E-state index in [1.807, 2.05) is 18.4 Å². The molecule has 9 heteroatoms. The quantitative estimate of drug-likeness (QED) is 0.618. The number of benzene rings is 1. The van der Waals surface area contributed by atoms with Crippen LogP contribution in [0.1, 0.15) is 23.9 Å². The van der Waals surface area contributed by atoms with Crippen LogP contribution in [0, 0.1) is 19.7 Å². The van der Waals surface area contributed by atoms with Gasteiger partial charge in [0.05, 0.1) is 12.2 Å². The number of anilines is 1. The lowest BCUT2D eigenvalue weighted by molar-refractivity contribution is -0.689. The molecule has 1 atom stereocenters. The van der Waals surface area contributed by atoms with Crippen molar-refractivity contribution in [3.05, 3.63) is 41.5 Å². The molecule has 0 bridgehead atoms. The number of carbonyl (C=O) groups is 2. The molecule has 4 rings (SSSR count). The molecule has 2 aliphatic rings. The molecule has 0 radical (unpaired) electrons. The van der Waals surface area contributed by atoms with Gasteiger partial charge in [-0.3, -0.25) is 14.6 Å². The van der Waals surface area contributed by atoms with Crippen molar-refractivity contribution in [2.45, 2.75) is 32.9 Å². The predicted molar refractivity (Wildman–Crippen MR) is 106 cm³/mol. The number of para-hydroxylation sites is 1. The van der Waals surface area contributed by atoms with E-state index in [4.69, 9.17) is 0 Å². The zero-order valence-corrected chi connectivity index (χ0v) is 16.9. The van der Waals surface area contributed by atoms with Crippen LogP contribution < -0.4 is 9.88 Å². The third kappa shape index (κ3) is 2.88. The summed E-state index contributed by atoms with van der Waals surface area (Å²) in [5.41, 5.74) is 2.44. The Balaban J connectivity index is 1.56. The van der Waals surface area contributed by atoms with Gasteiger partial charge in [-0.05, 0) is 32.4 Å². The average molecular weight is 399 g/mol. The second-order valence-corrected chi connectivity index (χ2v) is 7.36. The van der Waals surface area contributed by atoms with Crippen LogP contribution in [0.5, 0.6) is 0 Å². The zero-order valence-electron chi connectivity index (χ0n) is 16.9. The van der Waals surface area contributed by atoms with Crippen LogP contribution in [-0.2, 0) is 11.3 Å². The highest BCUT2D eigenvalue weighted by Crippen LogP contribution is 2.34. The Morgan fingerprint density at radius 3 is 2.62 bits per heavy atom. The second-order valence-electron chi connectivity index (χ2n) is 7.36. The first kappa shape index (κ1) is 19.1. The van der Waals surface area contributed by atoms with Crippen molar-refractivity contribution >= 4 is 29.4 Å². The van der Waals surface area contributed by atoms with Gasteiger partial charge in [-0.1, -0.05) is 17.1 Å². The summed E-state index contributed by atoms with van der Waals surface area (Å²) in [5, 5.41) is 3.11. The molecule has 1 fully saturated rings. The summed E-state index contributed by atoms with van der Waals surface area (Å²) >= 11 is 0. The van der Waals surface area contributed by atoms with Crippen LogP contribution in [0.4, 0.5) is 20.8 Å². The Bertz CT molecular complexity index is 1040. The maximum atomic E-state index is 13.7. The summed E-state index contributed by atoms with van der Waals surface area (Å²) in [7, 11) is 3.12. The molecule has 1 saturated heterocycles. The fraction of sp³-hybridized carbons (Fsp3) is 0.400. The molecule has 2 aromatic rings. The summed E-state index contributed by atoms with van der Waals surface area (Å²) < 4.78 is 17.7. The molecule has 0 aliphatic carbocycles. The lowest BCUT2D eigenvalue weighted by Gasteiger charge is -2.30. The van der Waals surface area contributed by atoms with Crippen LogP contribution in [0.15, 0.2) is 29.3 Å². The van der Waals surface area contributed by atoms with Crippen LogP contribution in [-0.4, -0.2) is 52.8 Å². The minimum atomic E-state index is -0.616. The van der Waals surface area contributed by atoms with Gasteiger partial charge in [0.1, 0.15) is 17.2 Å². The van der Waals surface area contributed by atoms with Crippen LogP contribution in [0.3, 0.4) is 0 Å². The van der Waals surface area contributed by atoms with E-state index in [-0.39, 0.29) is 17.8 Å². The molecule has 1 aromatic carbocycles. The van der Waals surface area contributed by atoms with Gasteiger partial charge in [0.15, 0.2) is 0 Å². The van der Waals surface area contributed by atoms with Gasteiger partial charge in [0.25, 0.3) is 5.91 Å². The van der Waals surface area contributed by atoms with Crippen LogP contribution in [0.2, 0.25) is 0 Å². The van der Waals surface area contributed by atoms with Crippen molar-refractivity contribution in [2.75, 3.05) is 26.0 Å². The zero-order chi connectivity index (χ0) is 20.9. The number of hydrogen-bond donors (Lipinski definition) is 1. The molecule has 1 N–H and O–H groups in total. The molecule has 0 saturated carbocycles. The standard InChI is InChI=1S/C20H24FN6O2/c1-12-13(2)27-16-17(24(3)20(29)25(4)18(16)28)23-19(27)26(12)11-7-10-22-15-9-6-5-8-14(15)21/h5-6,8-9,16,22H,7,10-11H2,1-4H3/q+1. The summed E-state index contributed by atoms with van der Waals surface area (Å²) in [5.74, 6) is 0.559. The van der Waals surface area contributed by atoms with Gasteiger partial charge in [0.2, 0.25) is 11.9 Å². The van der Waals surface area contributed by atoms with Gasteiger partial charge in [-0.15, -0.1) is 0 Å². The fourth-order valence-electron chi connectivity index (χ4n) is 3.91. The Morgan fingerprint density at radius 2 is 1.90 bits per heavy atom. The number of amidine groups is 1. The monoisotopic (exact) mass is 399 g/mol. The summed E-state index contributed by atoms with van der Waals surface area (Å²) in [4.78, 5) is 32.2. The van der Waals surface area contributed by atoms with E-state index in [1.165, 1.54) is 18.0 Å². The number of aromatic nitrogens is 2. The lowest BCUT2D eigenvalue weighted by Crippen LogP contribution is -2.56. The van der Waals surface area contributed by atoms with E-state index in [0.717, 1.165) is 22.7 Å². The van der Waals surface area contributed by atoms with Crippen molar-refractivity contribution in [2.24, 2.45) is 4.99 Å². The number of imide groups is 1. The number of fused-ring (bicyclic) bond motifs is 3. The van der Waals surface area contributed by atoms with E-state index >= 15 is 0 Å². The fourth-order valence-corrected chi connectivity index (χ4v) is 3.91. The largest absolute Gasteiger partial charge is 0.402 e. The van der Waals surface area contributed by atoms with Crippen molar-refractivity contribution in [3.8, 4) is 0 Å². The molecule has 1 aromatic heterocycles. The third-order valence-corrected chi connectivity index (χ3v) is 5.69. The Morgan fingerprint density at radius 1 is 1.17 bits per heavy atom.